The summed E-state index contributed by atoms with van der Waals surface area (Å²) in [6.45, 7) is 4.15. The monoisotopic (exact) mass is 355 g/mol. The quantitative estimate of drug-likeness (QED) is 0.598. The van der Waals surface area contributed by atoms with Crippen LogP contribution in [0.15, 0.2) is 23.1 Å². The Labute approximate surface area is 143 Å². The fourth-order valence-electron chi connectivity index (χ4n) is 3.12. The highest BCUT2D eigenvalue weighted by Crippen LogP contribution is 2.31. The van der Waals surface area contributed by atoms with Crippen molar-refractivity contribution < 1.29 is 13.3 Å². The van der Waals surface area contributed by atoms with E-state index in [1.165, 1.54) is 28.9 Å². The smallest absolute Gasteiger partial charge is 0.293 e. The van der Waals surface area contributed by atoms with E-state index in [1.54, 1.807) is 13.8 Å². The van der Waals surface area contributed by atoms with E-state index in [9.17, 15) is 18.5 Å². The molecule has 0 aromatic heterocycles. The molecule has 0 spiro atoms. The summed E-state index contributed by atoms with van der Waals surface area (Å²) in [4.78, 5) is 10.9. The van der Waals surface area contributed by atoms with Gasteiger partial charge in [-0.25, -0.2) is 8.42 Å². The van der Waals surface area contributed by atoms with Gasteiger partial charge in [-0.05, 0) is 25.0 Å². The van der Waals surface area contributed by atoms with Crippen LogP contribution < -0.4 is 5.32 Å². The number of hydrogen-bond donors (Lipinski definition) is 1. The van der Waals surface area contributed by atoms with Crippen LogP contribution in [0.2, 0.25) is 0 Å². The zero-order chi connectivity index (χ0) is 17.7. The topological polar surface area (TPSA) is 92.6 Å². The Balaban J connectivity index is 2.34. The zero-order valence-electron chi connectivity index (χ0n) is 14.2. The van der Waals surface area contributed by atoms with E-state index in [1.807, 2.05) is 0 Å². The molecule has 1 fully saturated rings. The Morgan fingerprint density at radius 3 is 2.38 bits per heavy atom. The van der Waals surface area contributed by atoms with Gasteiger partial charge in [-0.1, -0.05) is 33.1 Å². The van der Waals surface area contributed by atoms with Gasteiger partial charge in [-0.15, -0.1) is 0 Å². The second-order valence-corrected chi connectivity index (χ2v) is 7.94. The molecule has 0 bridgehead atoms. The van der Waals surface area contributed by atoms with Gasteiger partial charge in [0, 0.05) is 25.2 Å². The molecule has 0 saturated heterocycles. The first kappa shape index (κ1) is 18.7. The Kier molecular flexibility index (Phi) is 6.17. The predicted octanol–water partition coefficient (Wildman–Crippen LogP) is 3.37. The molecular formula is C16H25N3O4S. The van der Waals surface area contributed by atoms with Crippen molar-refractivity contribution in [3.05, 3.63) is 28.3 Å². The predicted molar refractivity (Wildman–Crippen MR) is 93.7 cm³/mol. The average Bonchev–Trinajstić information content (AvgIpc) is 2.56. The standard InChI is InChI=1S/C16H25N3O4S/c1-3-18(4-2)24(22,23)14-10-11-15(16(12-14)19(20)21)17-13-8-6-5-7-9-13/h10-13,17H,3-9H2,1-2H3. The van der Waals surface area contributed by atoms with E-state index in [0.717, 1.165) is 25.7 Å². The van der Waals surface area contributed by atoms with Gasteiger partial charge in [0.2, 0.25) is 10.0 Å². The number of rotatable bonds is 7. The van der Waals surface area contributed by atoms with Gasteiger partial charge in [-0.2, -0.15) is 4.31 Å². The Hall–Kier alpha value is -1.67. The number of benzene rings is 1. The third kappa shape index (κ3) is 4.05. The van der Waals surface area contributed by atoms with Crippen LogP contribution in [0.5, 0.6) is 0 Å². The molecule has 2 rings (SSSR count). The van der Waals surface area contributed by atoms with Crippen LogP contribution in [0.3, 0.4) is 0 Å². The lowest BCUT2D eigenvalue weighted by Gasteiger charge is -2.24. The highest BCUT2D eigenvalue weighted by molar-refractivity contribution is 7.89. The molecule has 0 radical (unpaired) electrons. The first-order valence-electron chi connectivity index (χ1n) is 8.45. The van der Waals surface area contributed by atoms with Crippen LogP contribution in [0, 0.1) is 10.1 Å². The summed E-state index contributed by atoms with van der Waals surface area (Å²) in [5.41, 5.74) is 0.208. The average molecular weight is 355 g/mol. The highest BCUT2D eigenvalue weighted by Gasteiger charge is 2.26. The molecule has 1 N–H and O–H groups in total. The van der Waals surface area contributed by atoms with Crippen LogP contribution in [-0.4, -0.2) is 36.8 Å². The fourth-order valence-corrected chi connectivity index (χ4v) is 4.60. The van der Waals surface area contributed by atoms with Gasteiger partial charge >= 0.3 is 0 Å². The van der Waals surface area contributed by atoms with Crippen molar-refractivity contribution in [1.82, 2.24) is 4.31 Å². The summed E-state index contributed by atoms with van der Waals surface area (Å²) in [5.74, 6) is 0. The SMILES string of the molecule is CCN(CC)S(=O)(=O)c1ccc(NC2CCCCC2)c([N+](=O)[O-])c1. The van der Waals surface area contributed by atoms with Crippen LogP contribution in [-0.2, 0) is 10.0 Å². The zero-order valence-corrected chi connectivity index (χ0v) is 15.0. The third-order valence-electron chi connectivity index (χ3n) is 4.47. The Morgan fingerprint density at radius 2 is 1.83 bits per heavy atom. The van der Waals surface area contributed by atoms with E-state index >= 15 is 0 Å². The molecule has 24 heavy (non-hydrogen) atoms. The van der Waals surface area contributed by atoms with E-state index in [0.29, 0.717) is 18.8 Å². The van der Waals surface area contributed by atoms with Gasteiger partial charge < -0.3 is 5.32 Å². The molecule has 1 aliphatic rings. The number of nitro groups is 1. The second-order valence-electron chi connectivity index (χ2n) is 6.00. The lowest BCUT2D eigenvalue weighted by Crippen LogP contribution is -2.30. The van der Waals surface area contributed by atoms with Crippen molar-refractivity contribution in [3.8, 4) is 0 Å². The Morgan fingerprint density at radius 1 is 1.21 bits per heavy atom. The molecule has 0 atom stereocenters. The summed E-state index contributed by atoms with van der Waals surface area (Å²) in [6.07, 6.45) is 5.38. The largest absolute Gasteiger partial charge is 0.377 e. The van der Waals surface area contributed by atoms with Gasteiger partial charge in [-0.3, -0.25) is 10.1 Å². The maximum atomic E-state index is 12.6. The minimum Gasteiger partial charge on any atom is -0.377 e. The maximum absolute atomic E-state index is 12.6. The molecule has 0 aliphatic heterocycles. The van der Waals surface area contributed by atoms with Crippen molar-refractivity contribution in [3.63, 3.8) is 0 Å². The minimum atomic E-state index is -3.71. The number of anilines is 1. The molecule has 0 unspecified atom stereocenters. The highest BCUT2D eigenvalue weighted by atomic mass is 32.2. The van der Waals surface area contributed by atoms with Gasteiger partial charge in [0.15, 0.2) is 0 Å². The summed E-state index contributed by atoms with van der Waals surface area (Å²) in [6, 6.07) is 4.34. The Bertz CT molecular complexity index is 681. The summed E-state index contributed by atoms with van der Waals surface area (Å²) in [5, 5.41) is 14.6. The lowest BCUT2D eigenvalue weighted by atomic mass is 9.95. The van der Waals surface area contributed by atoms with Crippen LogP contribution >= 0.6 is 0 Å². The number of hydrogen-bond acceptors (Lipinski definition) is 5. The van der Waals surface area contributed by atoms with E-state index in [2.05, 4.69) is 5.32 Å². The van der Waals surface area contributed by atoms with E-state index in [4.69, 9.17) is 0 Å². The first-order chi connectivity index (χ1) is 11.4. The van der Waals surface area contributed by atoms with Gasteiger partial charge in [0.05, 0.1) is 9.82 Å². The number of nitrogens with one attached hydrogen (secondary N) is 1. The molecule has 0 amide bonds. The maximum Gasteiger partial charge on any atom is 0.293 e. The van der Waals surface area contributed by atoms with Crippen molar-refractivity contribution in [1.29, 1.82) is 0 Å². The van der Waals surface area contributed by atoms with Crippen LogP contribution in [0.4, 0.5) is 11.4 Å². The normalized spacial score (nSPS) is 16.3. The molecular weight excluding hydrogens is 330 g/mol. The molecule has 7 nitrogen and oxygen atoms in total. The van der Waals surface area contributed by atoms with Crippen molar-refractivity contribution >= 4 is 21.4 Å². The van der Waals surface area contributed by atoms with E-state index < -0.39 is 14.9 Å². The lowest BCUT2D eigenvalue weighted by molar-refractivity contribution is -0.384. The fraction of sp³-hybridized carbons (Fsp3) is 0.625. The van der Waals surface area contributed by atoms with Crippen LogP contribution in [0.1, 0.15) is 46.0 Å². The minimum absolute atomic E-state index is 0.0351. The molecule has 1 aliphatic carbocycles. The molecule has 1 saturated carbocycles. The van der Waals surface area contributed by atoms with Crippen LogP contribution in [0.25, 0.3) is 0 Å². The molecule has 1 aromatic carbocycles. The molecule has 134 valence electrons. The third-order valence-corrected chi connectivity index (χ3v) is 6.52. The number of sulfonamides is 1. The summed E-state index contributed by atoms with van der Waals surface area (Å²) in [7, 11) is -3.71. The van der Waals surface area contributed by atoms with Gasteiger partial charge in [0.25, 0.3) is 5.69 Å². The van der Waals surface area contributed by atoms with Crippen molar-refractivity contribution in [2.24, 2.45) is 0 Å². The molecule has 8 heteroatoms. The molecule has 0 heterocycles. The van der Waals surface area contributed by atoms with Crippen molar-refractivity contribution in [2.45, 2.75) is 56.9 Å². The van der Waals surface area contributed by atoms with E-state index in [-0.39, 0.29) is 16.6 Å². The van der Waals surface area contributed by atoms with Crippen molar-refractivity contribution in [2.75, 3.05) is 18.4 Å². The summed E-state index contributed by atoms with van der Waals surface area (Å²) >= 11 is 0. The first-order valence-corrected chi connectivity index (χ1v) is 9.89. The van der Waals surface area contributed by atoms with Gasteiger partial charge in [0.1, 0.15) is 5.69 Å². The molecule has 1 aromatic rings. The number of nitro benzene ring substituents is 1. The number of nitrogens with zero attached hydrogens (tertiary/aromatic N) is 2. The second kappa shape index (κ2) is 7.94. The summed E-state index contributed by atoms with van der Waals surface area (Å²) < 4.78 is 26.4.